The van der Waals surface area contributed by atoms with Crippen LogP contribution in [0.2, 0.25) is 0 Å². The number of rotatable bonds is 3. The van der Waals surface area contributed by atoms with Crippen LogP contribution in [0.15, 0.2) is 0 Å². The molecule has 3 nitrogen and oxygen atoms in total. The fourth-order valence-corrected chi connectivity index (χ4v) is 5.16. The fraction of sp³-hybridized carbons (Fsp3) is 0.941. The monoisotopic (exact) mass is 279 g/mol. The molecule has 5 unspecified atom stereocenters. The highest BCUT2D eigenvalue weighted by molar-refractivity contribution is 5.71. The van der Waals surface area contributed by atoms with Crippen molar-refractivity contribution in [2.24, 2.45) is 17.8 Å². The predicted molar refractivity (Wildman–Crippen MR) is 79.6 cm³/mol. The van der Waals surface area contributed by atoms with Gasteiger partial charge in [0.05, 0.1) is 5.92 Å². The molecule has 1 saturated heterocycles. The first kappa shape index (κ1) is 14.4. The molecule has 0 radical (unpaired) electrons. The van der Waals surface area contributed by atoms with Gasteiger partial charge in [-0.15, -0.1) is 0 Å². The molecule has 0 aromatic heterocycles. The lowest BCUT2D eigenvalue weighted by Crippen LogP contribution is -2.54. The fourth-order valence-electron chi connectivity index (χ4n) is 5.16. The van der Waals surface area contributed by atoms with Crippen LogP contribution in [0.4, 0.5) is 0 Å². The van der Waals surface area contributed by atoms with E-state index in [2.05, 4.69) is 11.8 Å². The number of likely N-dealkylation sites (tertiary alicyclic amines) is 1. The Morgan fingerprint density at radius 1 is 1.10 bits per heavy atom. The van der Waals surface area contributed by atoms with Crippen LogP contribution < -0.4 is 0 Å². The third-order valence-electron chi connectivity index (χ3n) is 6.28. The topological polar surface area (TPSA) is 40.5 Å². The number of carboxylic acids is 1. The number of piperidine rings is 1. The van der Waals surface area contributed by atoms with E-state index in [1.165, 1.54) is 38.5 Å². The van der Waals surface area contributed by atoms with Gasteiger partial charge in [-0.05, 0) is 63.3 Å². The Kier molecular flexibility index (Phi) is 4.34. The maximum absolute atomic E-state index is 11.7. The Labute approximate surface area is 122 Å². The van der Waals surface area contributed by atoms with Crippen molar-refractivity contribution in [3.63, 3.8) is 0 Å². The maximum atomic E-state index is 11.7. The molecule has 2 aliphatic carbocycles. The Hall–Kier alpha value is -0.570. The summed E-state index contributed by atoms with van der Waals surface area (Å²) in [5.74, 6) is 0.944. The largest absolute Gasteiger partial charge is 0.481 e. The second-order valence-electron chi connectivity index (χ2n) is 7.24. The molecule has 3 heteroatoms. The van der Waals surface area contributed by atoms with Gasteiger partial charge in [0.25, 0.3) is 0 Å². The van der Waals surface area contributed by atoms with Crippen LogP contribution in [0.25, 0.3) is 0 Å². The first-order valence-corrected chi connectivity index (χ1v) is 8.69. The zero-order chi connectivity index (χ0) is 14.1. The predicted octanol–water partition coefficient (Wildman–Crippen LogP) is 3.53. The highest BCUT2D eigenvalue weighted by Gasteiger charge is 2.44. The SMILES string of the molecule is CCC1CCC(C(=O)O)C(N2CCCC3CCCC32)C1. The molecule has 0 aromatic rings. The van der Waals surface area contributed by atoms with Crippen LogP contribution >= 0.6 is 0 Å². The van der Waals surface area contributed by atoms with Crippen molar-refractivity contribution in [2.45, 2.75) is 76.8 Å². The van der Waals surface area contributed by atoms with E-state index in [1.807, 2.05) is 0 Å². The summed E-state index contributed by atoms with van der Waals surface area (Å²) in [5, 5.41) is 9.61. The first-order chi connectivity index (χ1) is 9.70. The summed E-state index contributed by atoms with van der Waals surface area (Å²) in [4.78, 5) is 14.3. The quantitative estimate of drug-likeness (QED) is 0.859. The first-order valence-electron chi connectivity index (χ1n) is 8.69. The summed E-state index contributed by atoms with van der Waals surface area (Å²) in [6.07, 6.45) is 11.0. The van der Waals surface area contributed by atoms with Crippen molar-refractivity contribution in [1.82, 2.24) is 4.90 Å². The maximum Gasteiger partial charge on any atom is 0.308 e. The van der Waals surface area contributed by atoms with Gasteiger partial charge in [-0.2, -0.15) is 0 Å². The number of nitrogens with zero attached hydrogens (tertiary/aromatic N) is 1. The summed E-state index contributed by atoms with van der Waals surface area (Å²) in [5.41, 5.74) is 0. The van der Waals surface area contributed by atoms with E-state index in [1.54, 1.807) is 0 Å². The van der Waals surface area contributed by atoms with Crippen molar-refractivity contribution >= 4 is 5.97 Å². The molecule has 2 saturated carbocycles. The minimum atomic E-state index is -0.551. The van der Waals surface area contributed by atoms with Crippen LogP contribution in [0, 0.1) is 17.8 Å². The molecular formula is C17H29NO2. The van der Waals surface area contributed by atoms with E-state index >= 15 is 0 Å². The van der Waals surface area contributed by atoms with Crippen LogP contribution in [-0.2, 0) is 4.79 Å². The molecule has 114 valence electrons. The number of carboxylic acid groups (broad SMARTS) is 1. The molecule has 1 aliphatic heterocycles. The highest BCUT2D eigenvalue weighted by atomic mass is 16.4. The number of fused-ring (bicyclic) bond motifs is 1. The Bertz CT molecular complexity index is 357. The van der Waals surface area contributed by atoms with Gasteiger partial charge in [-0.25, -0.2) is 0 Å². The zero-order valence-electron chi connectivity index (χ0n) is 12.8. The molecule has 0 bridgehead atoms. The van der Waals surface area contributed by atoms with Crippen molar-refractivity contribution in [3.8, 4) is 0 Å². The van der Waals surface area contributed by atoms with E-state index < -0.39 is 5.97 Å². The van der Waals surface area contributed by atoms with Gasteiger partial charge in [0.2, 0.25) is 0 Å². The van der Waals surface area contributed by atoms with Crippen LogP contribution in [0.1, 0.15) is 64.7 Å². The van der Waals surface area contributed by atoms with E-state index in [0.29, 0.717) is 12.1 Å². The minimum Gasteiger partial charge on any atom is -0.481 e. The molecule has 0 spiro atoms. The Morgan fingerprint density at radius 3 is 2.65 bits per heavy atom. The summed E-state index contributed by atoms with van der Waals surface area (Å²) in [6, 6.07) is 1.02. The number of hydrogen-bond donors (Lipinski definition) is 1. The molecule has 3 rings (SSSR count). The number of aliphatic carboxylic acids is 1. The normalized spacial score (nSPS) is 42.4. The highest BCUT2D eigenvalue weighted by Crippen LogP contribution is 2.42. The van der Waals surface area contributed by atoms with Gasteiger partial charge < -0.3 is 5.11 Å². The van der Waals surface area contributed by atoms with Gasteiger partial charge >= 0.3 is 5.97 Å². The van der Waals surface area contributed by atoms with Crippen molar-refractivity contribution in [1.29, 1.82) is 0 Å². The minimum absolute atomic E-state index is 0.114. The molecule has 1 N–H and O–H groups in total. The number of hydrogen-bond acceptors (Lipinski definition) is 2. The zero-order valence-corrected chi connectivity index (χ0v) is 12.8. The second-order valence-corrected chi connectivity index (χ2v) is 7.24. The van der Waals surface area contributed by atoms with E-state index in [0.717, 1.165) is 37.6 Å². The second kappa shape index (κ2) is 6.05. The van der Waals surface area contributed by atoms with Crippen LogP contribution in [0.5, 0.6) is 0 Å². The molecule has 1 heterocycles. The van der Waals surface area contributed by atoms with Crippen molar-refractivity contribution in [3.05, 3.63) is 0 Å². The van der Waals surface area contributed by atoms with Crippen LogP contribution in [0.3, 0.4) is 0 Å². The molecule has 5 atom stereocenters. The van der Waals surface area contributed by atoms with Gasteiger partial charge in [0.1, 0.15) is 0 Å². The lowest BCUT2D eigenvalue weighted by Gasteiger charge is -2.47. The standard InChI is InChI=1S/C17H29NO2/c1-2-12-8-9-14(17(19)20)16(11-12)18-10-4-6-13-5-3-7-15(13)18/h12-16H,2-11H2,1H3,(H,19,20). The van der Waals surface area contributed by atoms with Gasteiger partial charge in [-0.3, -0.25) is 9.69 Å². The van der Waals surface area contributed by atoms with Gasteiger partial charge in [-0.1, -0.05) is 19.8 Å². The smallest absolute Gasteiger partial charge is 0.308 e. The molecule has 3 fully saturated rings. The molecule has 0 aromatic carbocycles. The summed E-state index contributed by atoms with van der Waals surface area (Å²) in [6.45, 7) is 3.41. The molecule has 20 heavy (non-hydrogen) atoms. The van der Waals surface area contributed by atoms with Crippen LogP contribution in [-0.4, -0.2) is 34.6 Å². The molecular weight excluding hydrogens is 250 g/mol. The van der Waals surface area contributed by atoms with Gasteiger partial charge in [0, 0.05) is 12.1 Å². The average molecular weight is 279 g/mol. The molecule has 3 aliphatic rings. The van der Waals surface area contributed by atoms with E-state index in [9.17, 15) is 9.90 Å². The van der Waals surface area contributed by atoms with Crippen molar-refractivity contribution < 1.29 is 9.90 Å². The lowest BCUT2D eigenvalue weighted by atomic mass is 9.75. The average Bonchev–Trinajstić information content (AvgIpc) is 2.94. The summed E-state index contributed by atoms with van der Waals surface area (Å²) >= 11 is 0. The summed E-state index contributed by atoms with van der Waals surface area (Å²) in [7, 11) is 0. The van der Waals surface area contributed by atoms with Gasteiger partial charge in [0.15, 0.2) is 0 Å². The third kappa shape index (κ3) is 2.61. The summed E-state index contributed by atoms with van der Waals surface area (Å²) < 4.78 is 0. The van der Waals surface area contributed by atoms with Crippen molar-refractivity contribution in [2.75, 3.05) is 6.54 Å². The van der Waals surface area contributed by atoms with E-state index in [-0.39, 0.29) is 5.92 Å². The number of carbonyl (C=O) groups is 1. The molecule has 0 amide bonds. The Balaban J connectivity index is 1.78. The third-order valence-corrected chi connectivity index (χ3v) is 6.28. The Morgan fingerprint density at radius 2 is 1.90 bits per heavy atom. The lowest BCUT2D eigenvalue weighted by molar-refractivity contribution is -0.147. The van der Waals surface area contributed by atoms with E-state index in [4.69, 9.17) is 0 Å².